The molecule has 4 nitrogen and oxygen atoms in total. The number of para-hydroxylation sites is 2. The van der Waals surface area contributed by atoms with Crippen LogP contribution in [0.5, 0.6) is 11.5 Å². The van der Waals surface area contributed by atoms with Crippen LogP contribution >= 0.6 is 7.82 Å². The molecule has 126 valence electrons. The van der Waals surface area contributed by atoms with Crippen LogP contribution in [0.3, 0.4) is 0 Å². The van der Waals surface area contributed by atoms with E-state index in [1.807, 2.05) is 42.5 Å². The molecule has 5 heteroatoms. The first-order chi connectivity index (χ1) is 11.6. The van der Waals surface area contributed by atoms with Crippen LogP contribution in [0.4, 0.5) is 0 Å². The first kappa shape index (κ1) is 16.7. The predicted octanol–water partition coefficient (Wildman–Crippen LogP) is 5.97. The van der Waals surface area contributed by atoms with Crippen LogP contribution in [-0.4, -0.2) is 0 Å². The molecule has 0 bridgehead atoms. The molecule has 0 saturated carbocycles. The van der Waals surface area contributed by atoms with Crippen molar-refractivity contribution in [2.45, 2.75) is 26.2 Å². The summed E-state index contributed by atoms with van der Waals surface area (Å²) >= 11 is 0. The lowest BCUT2D eigenvalue weighted by atomic mass is 9.96. The Hall–Kier alpha value is -2.19. The maximum Gasteiger partial charge on any atom is 0.646 e. The number of phosphoric ester groups is 1. The first-order valence-corrected chi connectivity index (χ1v) is 9.60. The third-order valence-corrected chi connectivity index (χ3v) is 5.11. The Bertz CT molecular complexity index is 682. The van der Waals surface area contributed by atoms with Crippen LogP contribution in [-0.2, 0) is 9.09 Å². The molecule has 1 aliphatic carbocycles. The van der Waals surface area contributed by atoms with Crippen molar-refractivity contribution in [3.05, 3.63) is 72.5 Å². The fourth-order valence-corrected chi connectivity index (χ4v) is 3.93. The second-order valence-corrected chi connectivity index (χ2v) is 7.23. The Morgan fingerprint density at radius 2 is 1.42 bits per heavy atom. The van der Waals surface area contributed by atoms with Crippen LogP contribution in [0, 0.1) is 5.92 Å². The number of benzene rings is 2. The first-order valence-electron chi connectivity index (χ1n) is 8.14. The summed E-state index contributed by atoms with van der Waals surface area (Å²) in [7, 11) is -3.84. The van der Waals surface area contributed by atoms with Crippen molar-refractivity contribution in [3.8, 4) is 11.5 Å². The van der Waals surface area contributed by atoms with E-state index in [2.05, 4.69) is 6.92 Å². The van der Waals surface area contributed by atoms with Crippen molar-refractivity contribution in [2.24, 2.45) is 5.92 Å². The van der Waals surface area contributed by atoms with Crippen molar-refractivity contribution in [1.82, 2.24) is 0 Å². The van der Waals surface area contributed by atoms with Gasteiger partial charge in [0.25, 0.3) is 0 Å². The molecule has 0 saturated heterocycles. The van der Waals surface area contributed by atoms with Gasteiger partial charge in [0.2, 0.25) is 0 Å². The topological polar surface area (TPSA) is 44.8 Å². The molecule has 0 N–H and O–H groups in total. The summed E-state index contributed by atoms with van der Waals surface area (Å²) in [4.78, 5) is 0. The SMILES string of the molecule is CC1CCCC=C1OP(=O)(Oc1ccccc1)Oc1ccccc1. The summed E-state index contributed by atoms with van der Waals surface area (Å²) in [6.07, 6.45) is 5.00. The molecule has 3 rings (SSSR count). The van der Waals surface area contributed by atoms with Crippen LogP contribution in [0.2, 0.25) is 0 Å². The molecule has 0 spiro atoms. The molecule has 0 aliphatic heterocycles. The minimum absolute atomic E-state index is 0.200. The zero-order valence-electron chi connectivity index (χ0n) is 13.6. The van der Waals surface area contributed by atoms with Crippen LogP contribution < -0.4 is 9.05 Å². The third-order valence-electron chi connectivity index (χ3n) is 3.81. The molecule has 0 radical (unpaired) electrons. The monoisotopic (exact) mass is 344 g/mol. The predicted molar refractivity (Wildman–Crippen MR) is 93.9 cm³/mol. The Morgan fingerprint density at radius 3 is 1.92 bits per heavy atom. The Labute approximate surface area is 142 Å². The molecule has 0 amide bonds. The second-order valence-electron chi connectivity index (χ2n) is 5.79. The van der Waals surface area contributed by atoms with Crippen molar-refractivity contribution < 1.29 is 18.1 Å². The second kappa shape index (κ2) is 7.59. The van der Waals surface area contributed by atoms with Gasteiger partial charge in [-0.15, -0.1) is 0 Å². The standard InChI is InChI=1S/C19H21O4P/c1-16-10-8-9-15-19(16)23-24(20,21-17-11-4-2-5-12-17)22-18-13-6-3-7-14-18/h2-7,11-16H,8-10H2,1H3. The maximum atomic E-state index is 13.3. The molecule has 1 aliphatic rings. The van der Waals surface area contributed by atoms with Crippen molar-refractivity contribution in [1.29, 1.82) is 0 Å². The largest absolute Gasteiger partial charge is 0.646 e. The van der Waals surface area contributed by atoms with Gasteiger partial charge < -0.3 is 13.6 Å². The summed E-state index contributed by atoms with van der Waals surface area (Å²) in [5.74, 6) is 1.77. The fourth-order valence-electron chi connectivity index (χ4n) is 2.54. The number of hydrogen-bond acceptors (Lipinski definition) is 4. The Kier molecular flexibility index (Phi) is 5.27. The van der Waals surface area contributed by atoms with Crippen LogP contribution in [0.1, 0.15) is 26.2 Å². The summed E-state index contributed by atoms with van der Waals surface area (Å²) in [5.41, 5.74) is 0. The van der Waals surface area contributed by atoms with Crippen LogP contribution in [0.15, 0.2) is 72.5 Å². The van der Waals surface area contributed by atoms with Gasteiger partial charge in [0.05, 0.1) is 0 Å². The van der Waals surface area contributed by atoms with Crippen LogP contribution in [0.25, 0.3) is 0 Å². The molecule has 1 unspecified atom stereocenters. The minimum Gasteiger partial charge on any atom is -0.391 e. The molecule has 0 aromatic heterocycles. The minimum atomic E-state index is -3.84. The highest BCUT2D eigenvalue weighted by Gasteiger charge is 2.35. The highest BCUT2D eigenvalue weighted by Crippen LogP contribution is 2.52. The van der Waals surface area contributed by atoms with Gasteiger partial charge in [0.1, 0.15) is 17.3 Å². The van der Waals surface area contributed by atoms with E-state index in [0.717, 1.165) is 19.3 Å². The zero-order chi connectivity index (χ0) is 16.8. The van der Waals surface area contributed by atoms with Crippen molar-refractivity contribution >= 4 is 7.82 Å². The van der Waals surface area contributed by atoms with Gasteiger partial charge in [-0.1, -0.05) is 43.3 Å². The summed E-state index contributed by atoms with van der Waals surface area (Å²) in [6.45, 7) is 2.06. The maximum absolute atomic E-state index is 13.3. The quantitative estimate of drug-likeness (QED) is 0.605. The number of rotatable bonds is 6. The fraction of sp³-hybridized carbons (Fsp3) is 0.263. The molecular weight excluding hydrogens is 323 g/mol. The third kappa shape index (κ3) is 4.42. The van der Waals surface area contributed by atoms with Gasteiger partial charge in [-0.25, -0.2) is 0 Å². The smallest absolute Gasteiger partial charge is 0.391 e. The molecular formula is C19H21O4P. The van der Waals surface area contributed by atoms with Gasteiger partial charge >= 0.3 is 7.82 Å². The van der Waals surface area contributed by atoms with Gasteiger partial charge in [0.15, 0.2) is 0 Å². The van der Waals surface area contributed by atoms with Gasteiger partial charge in [-0.2, -0.15) is 4.57 Å². The molecule has 1 atom stereocenters. The van der Waals surface area contributed by atoms with E-state index in [0.29, 0.717) is 17.3 Å². The van der Waals surface area contributed by atoms with E-state index in [1.165, 1.54) is 0 Å². The van der Waals surface area contributed by atoms with E-state index >= 15 is 0 Å². The van der Waals surface area contributed by atoms with Gasteiger partial charge in [-0.3, -0.25) is 0 Å². The Balaban J connectivity index is 1.85. The number of hydrogen-bond donors (Lipinski definition) is 0. The van der Waals surface area contributed by atoms with Crippen molar-refractivity contribution in [2.75, 3.05) is 0 Å². The molecule has 0 heterocycles. The summed E-state index contributed by atoms with van der Waals surface area (Å²) in [6, 6.07) is 17.9. The average Bonchev–Trinajstić information content (AvgIpc) is 2.58. The van der Waals surface area contributed by atoms with E-state index in [9.17, 15) is 4.57 Å². The Morgan fingerprint density at radius 1 is 0.875 bits per heavy atom. The van der Waals surface area contributed by atoms with Crippen molar-refractivity contribution in [3.63, 3.8) is 0 Å². The zero-order valence-corrected chi connectivity index (χ0v) is 14.5. The van der Waals surface area contributed by atoms with Gasteiger partial charge in [0, 0.05) is 5.92 Å². The lowest BCUT2D eigenvalue weighted by Gasteiger charge is -2.25. The molecule has 2 aromatic rings. The normalized spacial score (nSPS) is 17.7. The lowest BCUT2D eigenvalue weighted by molar-refractivity contribution is 0.228. The number of allylic oxidation sites excluding steroid dienone is 2. The highest BCUT2D eigenvalue weighted by molar-refractivity contribution is 7.49. The molecule has 24 heavy (non-hydrogen) atoms. The summed E-state index contributed by atoms with van der Waals surface area (Å²) < 4.78 is 30.3. The number of phosphoric acid groups is 1. The van der Waals surface area contributed by atoms with E-state index in [1.54, 1.807) is 24.3 Å². The summed E-state index contributed by atoms with van der Waals surface area (Å²) in [5, 5.41) is 0. The lowest BCUT2D eigenvalue weighted by Crippen LogP contribution is -2.11. The average molecular weight is 344 g/mol. The van der Waals surface area contributed by atoms with E-state index in [4.69, 9.17) is 13.6 Å². The van der Waals surface area contributed by atoms with E-state index < -0.39 is 7.82 Å². The highest BCUT2D eigenvalue weighted by atomic mass is 31.2. The molecule has 2 aromatic carbocycles. The van der Waals surface area contributed by atoms with E-state index in [-0.39, 0.29) is 5.92 Å². The van der Waals surface area contributed by atoms with Gasteiger partial charge in [-0.05, 0) is 49.6 Å². The molecule has 0 fully saturated rings.